The van der Waals surface area contributed by atoms with E-state index < -0.39 is 30.0 Å². The van der Waals surface area contributed by atoms with E-state index in [1.54, 1.807) is 0 Å². The normalized spacial score (nSPS) is 9.08. The van der Waals surface area contributed by atoms with Gasteiger partial charge in [0.1, 0.15) is 0 Å². The molecule has 0 amide bonds. The number of benzene rings is 1. The SMILES string of the molecule is O=[N+]([O-])c1cccc(O)[c]1[Hg][OH]. The molecule has 0 radical (unpaired) electrons. The molecule has 6 heteroatoms. The van der Waals surface area contributed by atoms with Crippen LogP contribution in [0.3, 0.4) is 0 Å². The molecule has 2 N–H and O–H groups in total. The van der Waals surface area contributed by atoms with Gasteiger partial charge < -0.3 is 0 Å². The number of hydrogen-bond donors (Lipinski definition) is 2. The van der Waals surface area contributed by atoms with Crippen LogP contribution in [0.25, 0.3) is 0 Å². The fraction of sp³-hybridized carbons (Fsp3) is 0. The second kappa shape index (κ2) is 3.82. The van der Waals surface area contributed by atoms with E-state index >= 15 is 0 Å². The molecule has 0 heterocycles. The molecular formula is C6H5HgNO4. The zero-order valence-electron chi connectivity index (χ0n) is 6.10. The van der Waals surface area contributed by atoms with Gasteiger partial charge in [0, 0.05) is 0 Å². The van der Waals surface area contributed by atoms with Gasteiger partial charge in [-0.15, -0.1) is 0 Å². The molecule has 12 heavy (non-hydrogen) atoms. The van der Waals surface area contributed by atoms with Crippen molar-refractivity contribution in [3.8, 4) is 5.75 Å². The van der Waals surface area contributed by atoms with Crippen molar-refractivity contribution in [1.82, 2.24) is 0 Å². The van der Waals surface area contributed by atoms with Crippen molar-refractivity contribution in [2.75, 3.05) is 0 Å². The summed E-state index contributed by atoms with van der Waals surface area (Å²) < 4.78 is 9.07. The van der Waals surface area contributed by atoms with Crippen LogP contribution in [0.2, 0.25) is 0 Å². The van der Waals surface area contributed by atoms with Gasteiger partial charge >= 0.3 is 80.9 Å². The van der Waals surface area contributed by atoms with Crippen molar-refractivity contribution in [2.45, 2.75) is 0 Å². The van der Waals surface area contributed by atoms with Crippen molar-refractivity contribution in [3.63, 3.8) is 0 Å². The molecule has 0 saturated carbocycles. The summed E-state index contributed by atoms with van der Waals surface area (Å²) in [6, 6.07) is 4.02. The maximum atomic E-state index is 10.4. The summed E-state index contributed by atoms with van der Waals surface area (Å²) in [4.78, 5) is 9.76. The maximum absolute atomic E-state index is 10.4. The Kier molecular flexibility index (Phi) is 2.99. The van der Waals surface area contributed by atoms with E-state index in [1.807, 2.05) is 0 Å². The average molecular weight is 356 g/mol. The van der Waals surface area contributed by atoms with Gasteiger partial charge in [0.25, 0.3) is 0 Å². The molecule has 0 aliphatic rings. The number of nitro benzene ring substituents is 1. The van der Waals surface area contributed by atoms with Gasteiger partial charge in [-0.3, -0.25) is 0 Å². The summed E-state index contributed by atoms with van der Waals surface area (Å²) in [5.74, 6) is -0.159. The Labute approximate surface area is 80.9 Å². The van der Waals surface area contributed by atoms with Gasteiger partial charge in [0.05, 0.1) is 0 Å². The molecule has 0 fully saturated rings. The summed E-state index contributed by atoms with van der Waals surface area (Å²) in [5, 5.41) is 19.5. The van der Waals surface area contributed by atoms with Crippen LogP contribution in [0, 0.1) is 10.1 Å². The average Bonchev–Trinajstić information content (AvgIpc) is 2.03. The van der Waals surface area contributed by atoms with Crippen LogP contribution in [0.1, 0.15) is 0 Å². The summed E-state index contributed by atoms with van der Waals surface area (Å²) in [5.41, 5.74) is -0.167. The Morgan fingerprint density at radius 2 is 2.17 bits per heavy atom. The van der Waals surface area contributed by atoms with E-state index in [2.05, 4.69) is 0 Å². The molecule has 0 unspecified atom stereocenters. The fourth-order valence-electron chi connectivity index (χ4n) is 0.896. The molecule has 0 aromatic heterocycles. The summed E-state index contributed by atoms with van der Waals surface area (Å²) in [7, 11) is 0. The third-order valence-electron chi connectivity index (χ3n) is 1.48. The van der Waals surface area contributed by atoms with Crippen LogP contribution in [-0.2, 0) is 25.0 Å². The number of nitrogens with zero attached hydrogens (tertiary/aromatic N) is 1. The Morgan fingerprint density at radius 1 is 1.50 bits per heavy atom. The Bertz CT molecular complexity index is 314. The minimum atomic E-state index is -2.40. The molecule has 0 aliphatic carbocycles. The molecular weight excluding hydrogens is 351 g/mol. The number of nitro groups is 1. The van der Waals surface area contributed by atoms with Crippen LogP contribution in [0.15, 0.2) is 18.2 Å². The molecule has 0 atom stereocenters. The Balaban J connectivity index is 3.27. The van der Waals surface area contributed by atoms with E-state index in [0.717, 1.165) is 0 Å². The quantitative estimate of drug-likeness (QED) is 0.441. The van der Waals surface area contributed by atoms with Crippen LogP contribution in [0.4, 0.5) is 5.69 Å². The standard InChI is InChI=1S/C6H4NO3.Hg.H2O/c8-6-3-1-2-5(4-6)7(9)10;;/h1-3,8H;;1H2/q;+1;/p-1. The van der Waals surface area contributed by atoms with E-state index in [9.17, 15) is 10.1 Å². The zero-order valence-corrected chi connectivity index (χ0v) is 11.6. The van der Waals surface area contributed by atoms with E-state index in [-0.39, 0.29) is 14.5 Å². The predicted octanol–water partition coefficient (Wildman–Crippen LogP) is -0.0845. The van der Waals surface area contributed by atoms with Gasteiger partial charge in [-0.2, -0.15) is 0 Å². The number of phenols is 1. The van der Waals surface area contributed by atoms with Gasteiger partial charge in [-0.1, -0.05) is 0 Å². The molecule has 0 spiro atoms. The Morgan fingerprint density at radius 3 is 2.58 bits per heavy atom. The van der Waals surface area contributed by atoms with Crippen LogP contribution in [0.5, 0.6) is 5.75 Å². The van der Waals surface area contributed by atoms with Crippen molar-refractivity contribution in [3.05, 3.63) is 28.3 Å². The van der Waals surface area contributed by atoms with Crippen molar-refractivity contribution >= 4 is 8.76 Å². The monoisotopic (exact) mass is 357 g/mol. The number of rotatable bonds is 2. The third-order valence-corrected chi connectivity index (χ3v) is 5.53. The third kappa shape index (κ3) is 1.73. The number of hydrogen-bond acceptors (Lipinski definition) is 4. The number of phenolic OH excluding ortho intramolecular Hbond substituents is 1. The molecule has 1 aromatic carbocycles. The molecule has 5 nitrogen and oxygen atoms in total. The molecule has 0 bridgehead atoms. The van der Waals surface area contributed by atoms with Crippen LogP contribution in [-0.4, -0.2) is 13.0 Å². The predicted molar refractivity (Wildman–Crippen MR) is 36.6 cm³/mol. The summed E-state index contributed by atoms with van der Waals surface area (Å²) >= 11 is -2.40. The van der Waals surface area contributed by atoms with Crippen LogP contribution >= 0.6 is 0 Å². The van der Waals surface area contributed by atoms with Crippen LogP contribution < -0.4 is 3.07 Å². The Hall–Kier alpha value is -0.685. The van der Waals surface area contributed by atoms with E-state index in [4.69, 9.17) is 8.12 Å². The summed E-state index contributed by atoms with van der Waals surface area (Å²) in [6.45, 7) is 0. The van der Waals surface area contributed by atoms with E-state index in [0.29, 0.717) is 0 Å². The van der Waals surface area contributed by atoms with Gasteiger partial charge in [0.2, 0.25) is 0 Å². The van der Waals surface area contributed by atoms with Crippen molar-refractivity contribution in [2.24, 2.45) is 0 Å². The second-order valence-electron chi connectivity index (χ2n) is 2.19. The zero-order chi connectivity index (χ0) is 9.14. The summed E-state index contributed by atoms with van der Waals surface area (Å²) in [6.07, 6.45) is 0. The first-order chi connectivity index (χ1) is 5.66. The van der Waals surface area contributed by atoms with Gasteiger partial charge in [0.15, 0.2) is 0 Å². The molecule has 1 rings (SSSR count). The van der Waals surface area contributed by atoms with Crippen molar-refractivity contribution in [1.29, 1.82) is 0 Å². The van der Waals surface area contributed by atoms with Crippen molar-refractivity contribution < 1.29 is 38.1 Å². The first kappa shape index (κ1) is 9.40. The first-order valence-corrected chi connectivity index (χ1v) is 8.43. The van der Waals surface area contributed by atoms with Gasteiger partial charge in [-0.05, 0) is 0 Å². The molecule has 60 valence electrons. The second-order valence-corrected chi connectivity index (χ2v) is 6.17. The van der Waals surface area contributed by atoms with Gasteiger partial charge in [-0.25, -0.2) is 0 Å². The number of aromatic hydroxyl groups is 1. The first-order valence-electron chi connectivity index (χ1n) is 3.23. The molecule has 1 aromatic rings. The minimum absolute atomic E-state index is 0.159. The fourth-order valence-corrected chi connectivity index (χ4v) is 3.57. The topological polar surface area (TPSA) is 83.6 Å². The molecule has 0 saturated heterocycles. The van der Waals surface area contributed by atoms with E-state index in [1.165, 1.54) is 18.2 Å². The molecule has 0 aliphatic heterocycles.